The van der Waals surface area contributed by atoms with Crippen molar-refractivity contribution in [2.24, 2.45) is 4.99 Å². The van der Waals surface area contributed by atoms with Gasteiger partial charge in [-0.05, 0) is 63.5 Å². The predicted octanol–water partition coefficient (Wildman–Crippen LogP) is 4.08. The number of nitrogens with zero attached hydrogens (tertiary/aromatic N) is 2. The quantitative estimate of drug-likeness (QED) is 0.453. The van der Waals surface area contributed by atoms with Crippen LogP contribution in [0, 0.1) is 5.82 Å². The lowest BCUT2D eigenvalue weighted by Crippen LogP contribution is -2.36. The van der Waals surface area contributed by atoms with Gasteiger partial charge < -0.3 is 25.0 Å². The molecule has 1 aliphatic carbocycles. The van der Waals surface area contributed by atoms with Crippen LogP contribution in [0.25, 0.3) is 0 Å². The number of hydrogen-bond donors (Lipinski definition) is 2. The molecule has 6 nitrogen and oxygen atoms in total. The van der Waals surface area contributed by atoms with Crippen molar-refractivity contribution in [1.82, 2.24) is 15.5 Å². The lowest BCUT2D eigenvalue weighted by atomic mass is 10.1. The predicted molar refractivity (Wildman–Crippen MR) is 127 cm³/mol. The summed E-state index contributed by atoms with van der Waals surface area (Å²) in [6, 6.07) is 11.2. The van der Waals surface area contributed by atoms with Gasteiger partial charge >= 0.3 is 0 Å². The normalized spacial score (nSPS) is 14.6. The van der Waals surface area contributed by atoms with Gasteiger partial charge in [-0.25, -0.2) is 4.39 Å². The third-order valence-corrected chi connectivity index (χ3v) is 5.59. The second-order valence-electron chi connectivity index (χ2n) is 8.42. The number of benzene rings is 2. The van der Waals surface area contributed by atoms with Gasteiger partial charge in [-0.15, -0.1) is 0 Å². The Bertz CT molecular complexity index is 911. The monoisotopic (exact) mass is 442 g/mol. The molecule has 2 aromatic carbocycles. The molecular formula is C25H35FN4O2. The molecule has 174 valence electrons. The Morgan fingerprint density at radius 2 is 1.84 bits per heavy atom. The van der Waals surface area contributed by atoms with Gasteiger partial charge in [-0.3, -0.25) is 4.99 Å². The van der Waals surface area contributed by atoms with E-state index in [9.17, 15) is 4.39 Å². The van der Waals surface area contributed by atoms with Crippen LogP contribution in [0.4, 0.5) is 4.39 Å². The second-order valence-corrected chi connectivity index (χ2v) is 8.42. The summed E-state index contributed by atoms with van der Waals surface area (Å²) in [5.74, 6) is 2.03. The average Bonchev–Trinajstić information content (AvgIpc) is 3.29. The van der Waals surface area contributed by atoms with Crippen molar-refractivity contribution < 1.29 is 13.9 Å². The van der Waals surface area contributed by atoms with Gasteiger partial charge in [-0.2, -0.15) is 0 Å². The highest BCUT2D eigenvalue weighted by molar-refractivity contribution is 5.79. The van der Waals surface area contributed by atoms with Crippen LogP contribution in [0.1, 0.15) is 42.4 Å². The van der Waals surface area contributed by atoms with Crippen LogP contribution in [-0.4, -0.2) is 45.2 Å². The zero-order valence-electron chi connectivity index (χ0n) is 19.6. The number of rotatable bonds is 9. The maximum atomic E-state index is 14.0. The van der Waals surface area contributed by atoms with Crippen LogP contribution >= 0.6 is 0 Å². The molecule has 0 spiro atoms. The molecule has 2 N–H and O–H groups in total. The van der Waals surface area contributed by atoms with Crippen molar-refractivity contribution in [2.75, 3.05) is 28.3 Å². The Balaban J connectivity index is 1.62. The third-order valence-electron chi connectivity index (χ3n) is 5.59. The van der Waals surface area contributed by atoms with Crippen molar-refractivity contribution in [1.29, 1.82) is 0 Å². The standard InChI is InChI=1S/C25H35FN4O2/c1-27-25(28-15-18-12-13-22(26)20(14-18)17-30(2)3)29-16-19-8-7-11-23(31-4)24(19)32-21-9-5-6-10-21/h7-8,11-14,21H,5-6,9-10,15-17H2,1-4H3,(H2,27,28,29). The molecule has 32 heavy (non-hydrogen) atoms. The fourth-order valence-corrected chi connectivity index (χ4v) is 3.95. The molecule has 0 amide bonds. The number of halogens is 1. The molecular weight excluding hydrogens is 407 g/mol. The summed E-state index contributed by atoms with van der Waals surface area (Å²) in [4.78, 5) is 6.28. The number of aliphatic imine (C=N–C) groups is 1. The van der Waals surface area contributed by atoms with Crippen LogP contribution in [0.2, 0.25) is 0 Å². The van der Waals surface area contributed by atoms with Crippen molar-refractivity contribution >= 4 is 5.96 Å². The Labute approximate surface area is 190 Å². The van der Waals surface area contributed by atoms with Gasteiger partial charge in [0, 0.05) is 37.8 Å². The maximum Gasteiger partial charge on any atom is 0.191 e. The van der Waals surface area contributed by atoms with E-state index in [1.54, 1.807) is 20.2 Å². The van der Waals surface area contributed by atoms with Crippen LogP contribution in [0.15, 0.2) is 41.4 Å². The van der Waals surface area contributed by atoms with Crippen LogP contribution < -0.4 is 20.1 Å². The molecule has 0 aromatic heterocycles. The molecule has 2 aromatic rings. The Morgan fingerprint density at radius 3 is 2.53 bits per heavy atom. The van der Waals surface area contributed by atoms with E-state index < -0.39 is 0 Å². The fraction of sp³-hybridized carbons (Fsp3) is 0.480. The van der Waals surface area contributed by atoms with E-state index in [0.717, 1.165) is 35.5 Å². The first kappa shape index (κ1) is 23.9. The number of methoxy groups -OCH3 is 1. The first-order chi connectivity index (χ1) is 15.5. The van der Waals surface area contributed by atoms with Gasteiger partial charge in [0.25, 0.3) is 0 Å². The fourth-order valence-electron chi connectivity index (χ4n) is 3.95. The summed E-state index contributed by atoms with van der Waals surface area (Å²) in [6.45, 7) is 1.66. The number of nitrogens with one attached hydrogen (secondary N) is 2. The van der Waals surface area contributed by atoms with E-state index in [-0.39, 0.29) is 11.9 Å². The zero-order chi connectivity index (χ0) is 22.9. The number of ether oxygens (including phenoxy) is 2. The van der Waals surface area contributed by atoms with Gasteiger partial charge in [0.1, 0.15) is 5.82 Å². The molecule has 3 rings (SSSR count). The summed E-state index contributed by atoms with van der Waals surface area (Å²) < 4.78 is 25.9. The van der Waals surface area contributed by atoms with E-state index in [2.05, 4.69) is 15.6 Å². The molecule has 1 fully saturated rings. The lowest BCUT2D eigenvalue weighted by Gasteiger charge is -2.20. The summed E-state index contributed by atoms with van der Waals surface area (Å²) in [5.41, 5.74) is 2.70. The summed E-state index contributed by atoms with van der Waals surface area (Å²) in [6.07, 6.45) is 4.84. The second kappa shape index (κ2) is 11.7. The van der Waals surface area contributed by atoms with Crippen LogP contribution in [-0.2, 0) is 19.6 Å². The van der Waals surface area contributed by atoms with E-state index in [0.29, 0.717) is 31.2 Å². The number of para-hydroxylation sites is 1. The molecule has 0 bridgehead atoms. The summed E-state index contributed by atoms with van der Waals surface area (Å²) >= 11 is 0. The zero-order valence-corrected chi connectivity index (χ0v) is 19.6. The molecule has 1 saturated carbocycles. The van der Waals surface area contributed by atoms with E-state index in [4.69, 9.17) is 9.47 Å². The summed E-state index contributed by atoms with van der Waals surface area (Å²) in [5, 5.41) is 6.66. The SMILES string of the molecule is CN=C(NCc1ccc(F)c(CN(C)C)c1)NCc1cccc(OC)c1OC1CCCC1. The van der Waals surface area contributed by atoms with E-state index in [1.807, 2.05) is 43.3 Å². The van der Waals surface area contributed by atoms with Crippen molar-refractivity contribution in [3.8, 4) is 11.5 Å². The Morgan fingerprint density at radius 1 is 1.09 bits per heavy atom. The largest absolute Gasteiger partial charge is 0.493 e. The highest BCUT2D eigenvalue weighted by Gasteiger charge is 2.20. The van der Waals surface area contributed by atoms with E-state index in [1.165, 1.54) is 18.9 Å². The third kappa shape index (κ3) is 6.60. The van der Waals surface area contributed by atoms with Crippen molar-refractivity contribution in [3.63, 3.8) is 0 Å². The maximum absolute atomic E-state index is 14.0. The molecule has 0 saturated heterocycles. The van der Waals surface area contributed by atoms with Crippen LogP contribution in [0.3, 0.4) is 0 Å². The minimum atomic E-state index is -0.183. The molecule has 0 atom stereocenters. The van der Waals surface area contributed by atoms with Crippen molar-refractivity contribution in [3.05, 3.63) is 58.9 Å². The Kier molecular flexibility index (Phi) is 8.73. The van der Waals surface area contributed by atoms with Gasteiger partial charge in [0.15, 0.2) is 17.5 Å². The highest BCUT2D eigenvalue weighted by atomic mass is 19.1. The molecule has 0 radical (unpaired) electrons. The minimum Gasteiger partial charge on any atom is -0.493 e. The van der Waals surface area contributed by atoms with E-state index >= 15 is 0 Å². The smallest absolute Gasteiger partial charge is 0.191 e. The van der Waals surface area contributed by atoms with Crippen molar-refractivity contribution in [2.45, 2.75) is 51.4 Å². The molecule has 0 unspecified atom stereocenters. The molecule has 0 aliphatic heterocycles. The minimum absolute atomic E-state index is 0.183. The van der Waals surface area contributed by atoms with Gasteiger partial charge in [0.2, 0.25) is 0 Å². The lowest BCUT2D eigenvalue weighted by molar-refractivity contribution is 0.198. The number of hydrogen-bond acceptors (Lipinski definition) is 4. The highest BCUT2D eigenvalue weighted by Crippen LogP contribution is 2.34. The first-order valence-electron chi connectivity index (χ1n) is 11.2. The average molecular weight is 443 g/mol. The Hall–Kier alpha value is -2.80. The summed E-state index contributed by atoms with van der Waals surface area (Å²) in [7, 11) is 7.26. The number of guanidine groups is 1. The molecule has 7 heteroatoms. The van der Waals surface area contributed by atoms with Gasteiger partial charge in [-0.1, -0.05) is 18.2 Å². The molecule has 1 aliphatic rings. The van der Waals surface area contributed by atoms with Crippen LogP contribution in [0.5, 0.6) is 11.5 Å². The molecule has 0 heterocycles. The van der Waals surface area contributed by atoms with Gasteiger partial charge in [0.05, 0.1) is 13.2 Å². The topological polar surface area (TPSA) is 58.1 Å². The first-order valence-corrected chi connectivity index (χ1v) is 11.2.